The van der Waals surface area contributed by atoms with Gasteiger partial charge in [0, 0.05) is 26.8 Å². The van der Waals surface area contributed by atoms with E-state index in [0.29, 0.717) is 11.3 Å². The van der Waals surface area contributed by atoms with Gasteiger partial charge in [-0.15, -0.1) is 0 Å². The van der Waals surface area contributed by atoms with E-state index in [1.165, 1.54) is 22.8 Å². The van der Waals surface area contributed by atoms with Gasteiger partial charge in [-0.1, -0.05) is 18.2 Å². The molecule has 2 heterocycles. The predicted octanol–water partition coefficient (Wildman–Crippen LogP) is 0.0967. The van der Waals surface area contributed by atoms with Crippen LogP contribution >= 0.6 is 0 Å². The van der Waals surface area contributed by atoms with Crippen molar-refractivity contribution in [2.45, 2.75) is 6.54 Å². The van der Waals surface area contributed by atoms with E-state index in [9.17, 15) is 14.4 Å². The van der Waals surface area contributed by atoms with E-state index in [1.807, 2.05) is 18.2 Å². The SMILES string of the molecule is CN(C(=O)Cn1c(=O)c2c(ncn2C)n(C)c1=O)c1ccccc1. The van der Waals surface area contributed by atoms with Crippen molar-refractivity contribution in [2.75, 3.05) is 11.9 Å². The molecule has 1 aromatic carbocycles. The van der Waals surface area contributed by atoms with E-state index >= 15 is 0 Å². The van der Waals surface area contributed by atoms with Crippen molar-refractivity contribution in [3.63, 3.8) is 0 Å². The Hall–Kier alpha value is -3.16. The molecule has 0 N–H and O–H groups in total. The monoisotopic (exact) mass is 327 g/mol. The van der Waals surface area contributed by atoms with Crippen molar-refractivity contribution < 1.29 is 4.79 Å². The molecular formula is C16H17N5O3. The largest absolute Gasteiger partial charge is 0.332 e. The van der Waals surface area contributed by atoms with Crippen molar-refractivity contribution in [2.24, 2.45) is 14.1 Å². The maximum Gasteiger partial charge on any atom is 0.332 e. The van der Waals surface area contributed by atoms with Gasteiger partial charge in [-0.2, -0.15) is 0 Å². The van der Waals surface area contributed by atoms with Gasteiger partial charge in [0.1, 0.15) is 6.54 Å². The van der Waals surface area contributed by atoms with Crippen molar-refractivity contribution in [1.29, 1.82) is 0 Å². The average Bonchev–Trinajstić information content (AvgIpc) is 2.98. The molecule has 0 saturated carbocycles. The lowest BCUT2D eigenvalue weighted by atomic mass is 10.3. The van der Waals surface area contributed by atoms with Crippen LogP contribution in [0.5, 0.6) is 0 Å². The van der Waals surface area contributed by atoms with Gasteiger partial charge in [0.15, 0.2) is 11.2 Å². The molecule has 0 unspecified atom stereocenters. The van der Waals surface area contributed by atoms with E-state index < -0.39 is 11.2 Å². The van der Waals surface area contributed by atoms with E-state index in [4.69, 9.17) is 0 Å². The maximum absolute atomic E-state index is 12.6. The fourth-order valence-electron chi connectivity index (χ4n) is 2.57. The molecule has 0 aliphatic carbocycles. The first kappa shape index (κ1) is 15.7. The van der Waals surface area contributed by atoms with Gasteiger partial charge < -0.3 is 9.47 Å². The summed E-state index contributed by atoms with van der Waals surface area (Å²) >= 11 is 0. The van der Waals surface area contributed by atoms with Crippen LogP contribution in [0.15, 0.2) is 46.2 Å². The van der Waals surface area contributed by atoms with E-state index in [-0.39, 0.29) is 18.0 Å². The Bertz CT molecular complexity index is 1030. The molecule has 8 nitrogen and oxygen atoms in total. The first-order valence-corrected chi connectivity index (χ1v) is 7.34. The summed E-state index contributed by atoms with van der Waals surface area (Å²) < 4.78 is 3.75. The van der Waals surface area contributed by atoms with Crippen LogP contribution in [0.1, 0.15) is 0 Å². The number of benzene rings is 1. The van der Waals surface area contributed by atoms with Gasteiger partial charge in [-0.25, -0.2) is 14.3 Å². The number of aryl methyl sites for hydroxylation is 2. The lowest BCUT2D eigenvalue weighted by Gasteiger charge is -2.18. The van der Waals surface area contributed by atoms with Crippen LogP contribution in [0.4, 0.5) is 5.69 Å². The third-order valence-electron chi connectivity index (χ3n) is 4.01. The Morgan fingerprint density at radius 1 is 1.17 bits per heavy atom. The van der Waals surface area contributed by atoms with Crippen molar-refractivity contribution in [1.82, 2.24) is 18.7 Å². The molecule has 3 aromatic rings. The summed E-state index contributed by atoms with van der Waals surface area (Å²) in [6.45, 7) is -0.335. The highest BCUT2D eigenvalue weighted by Gasteiger charge is 2.19. The minimum Gasteiger partial charge on any atom is -0.328 e. The van der Waals surface area contributed by atoms with E-state index in [2.05, 4.69) is 4.98 Å². The number of carbonyl (C=O) groups is 1. The minimum absolute atomic E-state index is 0.285. The number of fused-ring (bicyclic) bond motifs is 1. The quantitative estimate of drug-likeness (QED) is 0.683. The van der Waals surface area contributed by atoms with E-state index in [0.717, 1.165) is 4.57 Å². The molecule has 1 amide bonds. The molecule has 0 aliphatic heterocycles. The van der Waals surface area contributed by atoms with Gasteiger partial charge >= 0.3 is 5.69 Å². The fourth-order valence-corrected chi connectivity index (χ4v) is 2.57. The number of aromatic nitrogens is 4. The van der Waals surface area contributed by atoms with Crippen molar-refractivity contribution in [3.8, 4) is 0 Å². The number of anilines is 1. The highest BCUT2D eigenvalue weighted by Crippen LogP contribution is 2.11. The fraction of sp³-hybridized carbons (Fsp3) is 0.250. The maximum atomic E-state index is 12.6. The number of nitrogens with zero attached hydrogens (tertiary/aromatic N) is 5. The molecule has 0 bridgehead atoms. The molecule has 8 heteroatoms. The number of carbonyl (C=O) groups excluding carboxylic acids is 1. The van der Waals surface area contributed by atoms with Crippen LogP contribution in [-0.4, -0.2) is 31.6 Å². The molecule has 124 valence electrons. The molecule has 24 heavy (non-hydrogen) atoms. The molecule has 2 aromatic heterocycles. The third kappa shape index (κ3) is 2.41. The minimum atomic E-state index is -0.569. The summed E-state index contributed by atoms with van der Waals surface area (Å²) in [7, 11) is 4.80. The number of rotatable bonds is 3. The Morgan fingerprint density at radius 3 is 2.50 bits per heavy atom. The van der Waals surface area contributed by atoms with Crippen LogP contribution in [0.3, 0.4) is 0 Å². The Morgan fingerprint density at radius 2 is 1.83 bits per heavy atom. The van der Waals surface area contributed by atoms with Gasteiger partial charge in [-0.3, -0.25) is 14.2 Å². The van der Waals surface area contributed by atoms with Crippen LogP contribution in [0.2, 0.25) is 0 Å². The Kier molecular flexibility index (Phi) is 3.80. The molecule has 0 saturated heterocycles. The van der Waals surface area contributed by atoms with Crippen LogP contribution in [-0.2, 0) is 25.4 Å². The zero-order valence-corrected chi connectivity index (χ0v) is 13.6. The standard InChI is InChI=1S/C16H17N5O3/c1-18-10-17-14-13(18)15(23)21(16(24)20(14)3)9-12(22)19(2)11-7-5-4-6-8-11/h4-8,10H,9H2,1-3H3. The first-order chi connectivity index (χ1) is 11.4. The summed E-state index contributed by atoms with van der Waals surface area (Å²) in [5, 5.41) is 0. The molecule has 0 spiro atoms. The zero-order valence-electron chi connectivity index (χ0n) is 13.6. The highest BCUT2D eigenvalue weighted by atomic mass is 16.2. The average molecular weight is 327 g/mol. The van der Waals surface area contributed by atoms with Gasteiger partial charge in [0.2, 0.25) is 5.91 Å². The van der Waals surface area contributed by atoms with Gasteiger partial charge in [0.25, 0.3) is 5.56 Å². The third-order valence-corrected chi connectivity index (χ3v) is 4.01. The molecular weight excluding hydrogens is 310 g/mol. The van der Waals surface area contributed by atoms with Crippen molar-refractivity contribution >= 4 is 22.8 Å². The second-order valence-corrected chi connectivity index (χ2v) is 5.55. The summed E-state index contributed by atoms with van der Waals surface area (Å²) in [5.74, 6) is -0.359. The number of likely N-dealkylation sites (N-methyl/N-ethyl adjacent to an activating group) is 1. The van der Waals surface area contributed by atoms with Crippen LogP contribution in [0, 0.1) is 0 Å². The lowest BCUT2D eigenvalue weighted by molar-refractivity contribution is -0.119. The molecule has 0 aliphatic rings. The first-order valence-electron chi connectivity index (χ1n) is 7.34. The zero-order chi connectivity index (χ0) is 17.4. The topological polar surface area (TPSA) is 82.1 Å². The lowest BCUT2D eigenvalue weighted by Crippen LogP contribution is -2.44. The number of hydrogen-bond donors (Lipinski definition) is 0. The molecule has 0 radical (unpaired) electrons. The highest BCUT2D eigenvalue weighted by molar-refractivity contribution is 5.92. The smallest absolute Gasteiger partial charge is 0.328 e. The van der Waals surface area contributed by atoms with E-state index in [1.54, 1.807) is 30.8 Å². The van der Waals surface area contributed by atoms with Gasteiger partial charge in [0.05, 0.1) is 6.33 Å². The Balaban J connectivity index is 2.04. The summed E-state index contributed by atoms with van der Waals surface area (Å²) in [6.07, 6.45) is 1.47. The Labute approximate surface area is 137 Å². The molecule has 3 rings (SSSR count). The van der Waals surface area contributed by atoms with Crippen LogP contribution in [0.25, 0.3) is 11.2 Å². The van der Waals surface area contributed by atoms with Crippen LogP contribution < -0.4 is 16.1 Å². The summed E-state index contributed by atoms with van der Waals surface area (Å²) in [5.41, 5.74) is 0.179. The second-order valence-electron chi connectivity index (χ2n) is 5.55. The van der Waals surface area contributed by atoms with Crippen molar-refractivity contribution in [3.05, 3.63) is 57.5 Å². The number of hydrogen-bond acceptors (Lipinski definition) is 4. The molecule has 0 atom stereocenters. The molecule has 0 fully saturated rings. The number of para-hydroxylation sites is 1. The summed E-state index contributed by atoms with van der Waals surface area (Å²) in [6, 6.07) is 9.03. The number of amides is 1. The summed E-state index contributed by atoms with van der Waals surface area (Å²) in [4.78, 5) is 43.0. The van der Waals surface area contributed by atoms with Gasteiger partial charge in [-0.05, 0) is 12.1 Å². The number of imidazole rings is 1. The predicted molar refractivity (Wildman–Crippen MR) is 90.1 cm³/mol. The normalized spacial score (nSPS) is 11.0. The second kappa shape index (κ2) is 5.80.